The highest BCUT2D eigenvalue weighted by molar-refractivity contribution is 7.89. The van der Waals surface area contributed by atoms with Crippen molar-refractivity contribution in [1.29, 1.82) is 5.26 Å². The molecule has 1 aromatic carbocycles. The van der Waals surface area contributed by atoms with Gasteiger partial charge in [-0.2, -0.15) is 5.26 Å². The third kappa shape index (κ3) is 5.31. The van der Waals surface area contributed by atoms with Crippen LogP contribution < -0.4 is 14.9 Å². The largest absolute Gasteiger partial charge is 0.356 e. The Labute approximate surface area is 170 Å². The lowest BCUT2D eigenvalue weighted by molar-refractivity contribution is -0.114. The topological polar surface area (TPSA) is 115 Å². The van der Waals surface area contributed by atoms with E-state index in [0.717, 1.165) is 25.9 Å². The molecule has 1 aromatic heterocycles. The molecule has 0 unspecified atom stereocenters. The van der Waals surface area contributed by atoms with Gasteiger partial charge in [0.2, 0.25) is 15.9 Å². The van der Waals surface area contributed by atoms with Gasteiger partial charge in [-0.3, -0.25) is 4.79 Å². The van der Waals surface area contributed by atoms with Crippen molar-refractivity contribution >= 4 is 27.4 Å². The lowest BCUT2D eigenvalue weighted by atomic mass is 9.97. The van der Waals surface area contributed by atoms with E-state index in [0.29, 0.717) is 23.6 Å². The van der Waals surface area contributed by atoms with Gasteiger partial charge in [-0.05, 0) is 55.2 Å². The fourth-order valence-corrected chi connectivity index (χ4v) is 4.43. The number of anilines is 2. The van der Waals surface area contributed by atoms with Crippen LogP contribution in [-0.4, -0.2) is 38.9 Å². The maximum absolute atomic E-state index is 12.5. The molecule has 1 amide bonds. The predicted octanol–water partition coefficient (Wildman–Crippen LogP) is 2.11. The average molecular weight is 414 g/mol. The van der Waals surface area contributed by atoms with E-state index in [9.17, 15) is 18.5 Å². The SMILES string of the molecule is CC(=O)Nc1ccc(S(=O)(=O)NCC2CCN(c3ncccc3C#N)CC2)cc1. The van der Waals surface area contributed by atoms with Crippen LogP contribution in [0.3, 0.4) is 0 Å². The number of benzene rings is 1. The molecule has 0 bridgehead atoms. The van der Waals surface area contributed by atoms with Gasteiger partial charge < -0.3 is 10.2 Å². The number of carbonyl (C=O) groups is 1. The summed E-state index contributed by atoms with van der Waals surface area (Å²) in [5.41, 5.74) is 1.10. The van der Waals surface area contributed by atoms with Crippen LogP contribution in [0, 0.1) is 17.2 Å². The van der Waals surface area contributed by atoms with Crippen LogP contribution in [0.1, 0.15) is 25.3 Å². The third-order valence-electron chi connectivity index (χ3n) is 4.87. The van der Waals surface area contributed by atoms with E-state index < -0.39 is 10.0 Å². The molecule has 8 nitrogen and oxygen atoms in total. The second-order valence-electron chi connectivity index (χ2n) is 6.97. The Hall–Kier alpha value is -2.96. The van der Waals surface area contributed by atoms with Gasteiger partial charge in [0.25, 0.3) is 0 Å². The van der Waals surface area contributed by atoms with Crippen LogP contribution in [0.15, 0.2) is 47.5 Å². The minimum absolute atomic E-state index is 0.163. The lowest BCUT2D eigenvalue weighted by Gasteiger charge is -2.33. The summed E-state index contributed by atoms with van der Waals surface area (Å²) in [6.45, 7) is 3.20. The number of amides is 1. The Bertz CT molecular complexity index is 1010. The standard InChI is InChI=1S/C20H23N5O3S/c1-15(26)24-18-4-6-19(7-5-18)29(27,28)23-14-16-8-11-25(12-9-16)20-17(13-21)3-2-10-22-20/h2-7,10,16,23H,8-9,11-12,14H2,1H3,(H,24,26). The smallest absolute Gasteiger partial charge is 0.240 e. The van der Waals surface area contributed by atoms with E-state index in [1.165, 1.54) is 19.1 Å². The Morgan fingerprint density at radius 3 is 2.55 bits per heavy atom. The molecule has 0 radical (unpaired) electrons. The molecule has 29 heavy (non-hydrogen) atoms. The van der Waals surface area contributed by atoms with Crippen molar-refractivity contribution in [3.05, 3.63) is 48.2 Å². The first-order valence-corrected chi connectivity index (χ1v) is 10.8. The zero-order chi connectivity index (χ0) is 20.9. The normalized spacial score (nSPS) is 15.0. The maximum Gasteiger partial charge on any atom is 0.240 e. The molecule has 152 valence electrons. The number of nitrogens with zero attached hydrogens (tertiary/aromatic N) is 3. The van der Waals surface area contributed by atoms with Gasteiger partial charge in [-0.25, -0.2) is 18.1 Å². The van der Waals surface area contributed by atoms with Crippen LogP contribution in [0.4, 0.5) is 11.5 Å². The molecule has 3 rings (SSSR count). The van der Waals surface area contributed by atoms with Crippen molar-refractivity contribution in [1.82, 2.24) is 9.71 Å². The summed E-state index contributed by atoms with van der Waals surface area (Å²) in [6, 6.07) is 11.7. The van der Waals surface area contributed by atoms with Gasteiger partial charge in [0.15, 0.2) is 0 Å². The van der Waals surface area contributed by atoms with Crippen molar-refractivity contribution in [3.63, 3.8) is 0 Å². The molecule has 1 aliphatic heterocycles. The van der Waals surface area contributed by atoms with Gasteiger partial charge in [-0.1, -0.05) is 0 Å². The molecule has 0 saturated carbocycles. The molecule has 0 atom stereocenters. The van der Waals surface area contributed by atoms with Gasteiger partial charge in [-0.15, -0.1) is 0 Å². The summed E-state index contributed by atoms with van der Waals surface area (Å²) in [7, 11) is -3.61. The minimum atomic E-state index is -3.61. The lowest BCUT2D eigenvalue weighted by Crippen LogP contribution is -2.39. The second-order valence-corrected chi connectivity index (χ2v) is 8.74. The summed E-state index contributed by atoms with van der Waals surface area (Å²) >= 11 is 0. The molecular formula is C20H23N5O3S. The number of piperidine rings is 1. The molecule has 2 aromatic rings. The Morgan fingerprint density at radius 2 is 1.93 bits per heavy atom. The first-order chi connectivity index (χ1) is 13.9. The van der Waals surface area contributed by atoms with Crippen LogP contribution in [-0.2, 0) is 14.8 Å². The van der Waals surface area contributed by atoms with Crippen molar-refractivity contribution in [3.8, 4) is 6.07 Å². The van der Waals surface area contributed by atoms with E-state index in [2.05, 4.69) is 26.0 Å². The predicted molar refractivity (Wildman–Crippen MR) is 110 cm³/mol. The maximum atomic E-state index is 12.5. The van der Waals surface area contributed by atoms with Gasteiger partial charge >= 0.3 is 0 Å². The number of aromatic nitrogens is 1. The highest BCUT2D eigenvalue weighted by Gasteiger charge is 2.23. The Morgan fingerprint density at radius 1 is 1.24 bits per heavy atom. The van der Waals surface area contributed by atoms with Crippen molar-refractivity contribution in [2.75, 3.05) is 29.9 Å². The molecule has 2 heterocycles. The van der Waals surface area contributed by atoms with Crippen molar-refractivity contribution < 1.29 is 13.2 Å². The molecule has 9 heteroatoms. The highest BCUT2D eigenvalue weighted by atomic mass is 32.2. The van der Waals surface area contributed by atoms with E-state index in [4.69, 9.17) is 0 Å². The number of rotatable bonds is 6. The molecule has 0 aliphatic carbocycles. The monoisotopic (exact) mass is 413 g/mol. The molecule has 1 fully saturated rings. The minimum Gasteiger partial charge on any atom is -0.356 e. The van der Waals surface area contributed by atoms with E-state index in [1.54, 1.807) is 30.5 Å². The number of hydrogen-bond acceptors (Lipinski definition) is 6. The number of nitriles is 1. The summed E-state index contributed by atoms with van der Waals surface area (Å²) in [5.74, 6) is 0.694. The quantitative estimate of drug-likeness (QED) is 0.749. The van der Waals surface area contributed by atoms with Crippen molar-refractivity contribution in [2.45, 2.75) is 24.7 Å². The van der Waals surface area contributed by atoms with E-state index in [1.807, 2.05) is 0 Å². The number of sulfonamides is 1. The fraction of sp³-hybridized carbons (Fsp3) is 0.350. The number of pyridine rings is 1. The van der Waals surface area contributed by atoms with Gasteiger partial charge in [0.1, 0.15) is 11.9 Å². The molecule has 1 aliphatic rings. The fourth-order valence-electron chi connectivity index (χ4n) is 3.32. The van der Waals surface area contributed by atoms with Crippen LogP contribution in [0.5, 0.6) is 0 Å². The first-order valence-electron chi connectivity index (χ1n) is 9.36. The average Bonchev–Trinajstić information content (AvgIpc) is 2.73. The molecule has 1 saturated heterocycles. The van der Waals surface area contributed by atoms with Crippen molar-refractivity contribution in [2.24, 2.45) is 5.92 Å². The number of carbonyl (C=O) groups excluding carboxylic acids is 1. The third-order valence-corrected chi connectivity index (χ3v) is 6.31. The van der Waals surface area contributed by atoms with E-state index >= 15 is 0 Å². The van der Waals surface area contributed by atoms with Crippen LogP contribution in [0.25, 0.3) is 0 Å². The zero-order valence-corrected chi connectivity index (χ0v) is 16.9. The summed E-state index contributed by atoms with van der Waals surface area (Å²) in [5, 5.41) is 11.8. The van der Waals surface area contributed by atoms with E-state index in [-0.39, 0.29) is 16.7 Å². The first kappa shape index (κ1) is 20.8. The second kappa shape index (κ2) is 9.03. The zero-order valence-electron chi connectivity index (χ0n) is 16.1. The number of hydrogen-bond donors (Lipinski definition) is 2. The molecule has 0 spiro atoms. The number of nitrogens with one attached hydrogen (secondary N) is 2. The Balaban J connectivity index is 1.54. The van der Waals surface area contributed by atoms with Gasteiger partial charge in [0, 0.05) is 38.4 Å². The van der Waals surface area contributed by atoms with Gasteiger partial charge in [0.05, 0.1) is 10.5 Å². The van der Waals surface area contributed by atoms with Crippen LogP contribution >= 0.6 is 0 Å². The summed E-state index contributed by atoms with van der Waals surface area (Å²) in [4.78, 5) is 17.6. The molecule has 2 N–H and O–H groups in total. The Kier molecular flexibility index (Phi) is 6.46. The van der Waals surface area contributed by atoms with Crippen LogP contribution in [0.2, 0.25) is 0 Å². The molecular weight excluding hydrogens is 390 g/mol. The summed E-state index contributed by atoms with van der Waals surface area (Å²) in [6.07, 6.45) is 3.30. The highest BCUT2D eigenvalue weighted by Crippen LogP contribution is 2.24. The summed E-state index contributed by atoms with van der Waals surface area (Å²) < 4.78 is 27.7.